The quantitative estimate of drug-likeness (QED) is 0.929. The summed E-state index contributed by atoms with van der Waals surface area (Å²) >= 11 is 0. The lowest BCUT2D eigenvalue weighted by Crippen LogP contribution is -2.29. The first-order valence-electron chi connectivity index (χ1n) is 6.52. The number of rotatable bonds is 3. The Morgan fingerprint density at radius 3 is 2.50 bits per heavy atom. The minimum Gasteiger partial charge on any atom is -0.497 e. The Morgan fingerprint density at radius 2 is 1.95 bits per heavy atom. The van der Waals surface area contributed by atoms with E-state index in [4.69, 9.17) is 15.2 Å². The van der Waals surface area contributed by atoms with Crippen LogP contribution in [0.4, 0.5) is 13.2 Å². The molecule has 2 rings (SSSR count). The normalized spacial score (nSPS) is 18.9. The fourth-order valence-corrected chi connectivity index (χ4v) is 2.53. The first-order valence-corrected chi connectivity index (χ1v) is 6.52. The highest BCUT2D eigenvalue weighted by Crippen LogP contribution is 2.39. The van der Waals surface area contributed by atoms with Crippen molar-refractivity contribution >= 4 is 0 Å². The Kier molecular flexibility index (Phi) is 4.55. The lowest BCUT2D eigenvalue weighted by Gasteiger charge is -2.29. The molecule has 1 saturated heterocycles. The average molecular weight is 289 g/mol. The third-order valence-corrected chi connectivity index (χ3v) is 3.70. The summed E-state index contributed by atoms with van der Waals surface area (Å²) < 4.78 is 49.6. The molecule has 3 nitrogen and oxygen atoms in total. The van der Waals surface area contributed by atoms with Crippen molar-refractivity contribution in [1.29, 1.82) is 0 Å². The maximum atomic E-state index is 13.2. The fraction of sp³-hybridized carbons (Fsp3) is 0.571. The second kappa shape index (κ2) is 6.01. The number of nitrogens with two attached hydrogens (primary N) is 1. The van der Waals surface area contributed by atoms with E-state index in [-0.39, 0.29) is 17.2 Å². The summed E-state index contributed by atoms with van der Waals surface area (Å²) in [6.45, 7) is 1.10. The van der Waals surface area contributed by atoms with E-state index in [2.05, 4.69) is 0 Å². The number of hydrogen-bond donors (Lipinski definition) is 1. The van der Waals surface area contributed by atoms with Gasteiger partial charge in [0.2, 0.25) is 0 Å². The maximum absolute atomic E-state index is 13.2. The van der Waals surface area contributed by atoms with Gasteiger partial charge in [0.15, 0.2) is 0 Å². The van der Waals surface area contributed by atoms with Gasteiger partial charge in [-0.3, -0.25) is 0 Å². The maximum Gasteiger partial charge on any atom is 0.416 e. The Hall–Kier alpha value is -1.27. The van der Waals surface area contributed by atoms with Crippen LogP contribution in [0.5, 0.6) is 5.75 Å². The summed E-state index contributed by atoms with van der Waals surface area (Å²) in [7, 11) is 1.34. The number of hydrogen-bond acceptors (Lipinski definition) is 3. The van der Waals surface area contributed by atoms with Crippen molar-refractivity contribution in [3.8, 4) is 5.75 Å². The Balaban J connectivity index is 2.34. The zero-order valence-electron chi connectivity index (χ0n) is 11.2. The van der Waals surface area contributed by atoms with Crippen LogP contribution in [0.25, 0.3) is 0 Å². The summed E-state index contributed by atoms with van der Waals surface area (Å²) in [5.74, 6) is 0.193. The molecule has 0 saturated carbocycles. The highest BCUT2D eigenvalue weighted by atomic mass is 19.4. The molecule has 0 unspecified atom stereocenters. The molecule has 0 aromatic heterocycles. The van der Waals surface area contributed by atoms with Crippen LogP contribution < -0.4 is 10.5 Å². The van der Waals surface area contributed by atoms with E-state index in [1.807, 2.05) is 0 Å². The summed E-state index contributed by atoms with van der Waals surface area (Å²) in [5, 5.41) is 0. The predicted octanol–water partition coefficient (Wildman–Crippen LogP) is 3.14. The highest BCUT2D eigenvalue weighted by molar-refractivity contribution is 5.39. The second-order valence-electron chi connectivity index (χ2n) is 4.93. The van der Waals surface area contributed by atoms with Crippen LogP contribution in [0.2, 0.25) is 0 Å². The first kappa shape index (κ1) is 15.1. The van der Waals surface area contributed by atoms with E-state index in [0.717, 1.165) is 6.07 Å². The van der Waals surface area contributed by atoms with Crippen molar-refractivity contribution in [3.63, 3.8) is 0 Å². The molecular weight excluding hydrogens is 271 g/mol. The van der Waals surface area contributed by atoms with Gasteiger partial charge in [0.25, 0.3) is 0 Å². The summed E-state index contributed by atoms with van der Waals surface area (Å²) in [6, 6.07) is 3.31. The molecule has 1 atom stereocenters. The lowest BCUT2D eigenvalue weighted by atomic mass is 9.85. The van der Waals surface area contributed by atoms with Gasteiger partial charge < -0.3 is 15.2 Å². The van der Waals surface area contributed by atoms with E-state index >= 15 is 0 Å². The minimum absolute atomic E-state index is 0.0123. The summed E-state index contributed by atoms with van der Waals surface area (Å²) in [4.78, 5) is 0. The van der Waals surface area contributed by atoms with Crippen LogP contribution in [0.3, 0.4) is 0 Å². The van der Waals surface area contributed by atoms with E-state index < -0.39 is 17.8 Å². The molecule has 0 spiro atoms. The average Bonchev–Trinajstić information content (AvgIpc) is 2.46. The summed E-state index contributed by atoms with van der Waals surface area (Å²) in [6.07, 6.45) is -3.07. The Labute approximate surface area is 115 Å². The largest absolute Gasteiger partial charge is 0.497 e. The van der Waals surface area contributed by atoms with Gasteiger partial charge in [-0.2, -0.15) is 13.2 Å². The van der Waals surface area contributed by atoms with Gasteiger partial charge in [-0.1, -0.05) is 6.07 Å². The van der Waals surface area contributed by atoms with Gasteiger partial charge in [-0.05, 0) is 36.5 Å². The second-order valence-corrected chi connectivity index (χ2v) is 4.93. The number of ether oxygens (including phenoxy) is 2. The highest BCUT2D eigenvalue weighted by Gasteiger charge is 2.36. The fourth-order valence-electron chi connectivity index (χ4n) is 2.53. The lowest BCUT2D eigenvalue weighted by molar-refractivity contribution is -0.138. The van der Waals surface area contributed by atoms with Gasteiger partial charge in [0.05, 0.1) is 12.7 Å². The number of halogens is 3. The zero-order chi connectivity index (χ0) is 14.8. The van der Waals surface area contributed by atoms with E-state index in [1.165, 1.54) is 19.2 Å². The molecule has 1 heterocycles. The van der Waals surface area contributed by atoms with Crippen molar-refractivity contribution in [3.05, 3.63) is 29.3 Å². The monoisotopic (exact) mass is 289 g/mol. The van der Waals surface area contributed by atoms with Crippen LogP contribution in [-0.2, 0) is 10.9 Å². The van der Waals surface area contributed by atoms with E-state index in [0.29, 0.717) is 26.1 Å². The van der Waals surface area contributed by atoms with Crippen LogP contribution in [-0.4, -0.2) is 20.3 Å². The smallest absolute Gasteiger partial charge is 0.416 e. The molecule has 1 aromatic rings. The van der Waals surface area contributed by atoms with Crippen LogP contribution in [0, 0.1) is 5.92 Å². The molecule has 1 aliphatic heterocycles. The number of benzene rings is 1. The summed E-state index contributed by atoms with van der Waals surface area (Å²) in [5.41, 5.74) is 5.48. The molecular formula is C14H18F3NO2. The van der Waals surface area contributed by atoms with Crippen LogP contribution in [0.1, 0.15) is 30.0 Å². The first-order chi connectivity index (χ1) is 9.43. The molecule has 1 aromatic carbocycles. The van der Waals surface area contributed by atoms with Gasteiger partial charge in [-0.15, -0.1) is 0 Å². The minimum atomic E-state index is -4.44. The molecule has 2 N–H and O–H groups in total. The van der Waals surface area contributed by atoms with Gasteiger partial charge in [-0.25, -0.2) is 0 Å². The van der Waals surface area contributed by atoms with Crippen molar-refractivity contribution in [2.45, 2.75) is 25.1 Å². The van der Waals surface area contributed by atoms with Crippen LogP contribution in [0.15, 0.2) is 18.2 Å². The molecule has 0 radical (unpaired) electrons. The molecule has 112 valence electrons. The van der Waals surface area contributed by atoms with Crippen molar-refractivity contribution in [1.82, 2.24) is 0 Å². The standard InChI is InChI=1S/C14H18F3NO2/c1-19-10-2-3-11(12(8-10)14(15,16)17)13(18)9-4-6-20-7-5-9/h2-3,8-9,13H,4-7,18H2,1H3/t13-/m1/s1. The van der Waals surface area contributed by atoms with E-state index in [1.54, 1.807) is 0 Å². The number of alkyl halides is 3. The SMILES string of the molecule is COc1ccc([C@H](N)C2CCOCC2)c(C(F)(F)F)c1. The molecule has 20 heavy (non-hydrogen) atoms. The van der Waals surface area contributed by atoms with E-state index in [9.17, 15) is 13.2 Å². The topological polar surface area (TPSA) is 44.5 Å². The molecule has 0 aliphatic carbocycles. The molecule has 6 heteroatoms. The van der Waals surface area contributed by atoms with Crippen molar-refractivity contribution in [2.75, 3.05) is 20.3 Å². The third-order valence-electron chi connectivity index (χ3n) is 3.70. The van der Waals surface area contributed by atoms with Gasteiger partial charge >= 0.3 is 6.18 Å². The van der Waals surface area contributed by atoms with Gasteiger partial charge in [0, 0.05) is 19.3 Å². The van der Waals surface area contributed by atoms with Crippen molar-refractivity contribution < 1.29 is 22.6 Å². The van der Waals surface area contributed by atoms with Crippen LogP contribution >= 0.6 is 0 Å². The predicted molar refractivity (Wildman–Crippen MR) is 68.5 cm³/mol. The zero-order valence-corrected chi connectivity index (χ0v) is 11.2. The molecule has 1 fully saturated rings. The molecule has 0 amide bonds. The third kappa shape index (κ3) is 3.24. The molecule has 0 bridgehead atoms. The Bertz CT molecular complexity index is 456. The number of methoxy groups -OCH3 is 1. The molecule has 1 aliphatic rings. The Morgan fingerprint density at radius 1 is 1.30 bits per heavy atom. The van der Waals surface area contributed by atoms with Gasteiger partial charge in [0.1, 0.15) is 5.75 Å². The van der Waals surface area contributed by atoms with Crippen molar-refractivity contribution in [2.24, 2.45) is 11.7 Å².